The molecule has 0 radical (unpaired) electrons. The van der Waals surface area contributed by atoms with Crippen molar-refractivity contribution in [1.29, 1.82) is 0 Å². The van der Waals surface area contributed by atoms with Gasteiger partial charge in [0, 0.05) is 69.2 Å². The molecule has 5 aliphatic rings. The molecule has 5 aliphatic carbocycles. The molecule has 0 amide bonds. The van der Waals surface area contributed by atoms with Crippen LogP contribution in [-0.2, 0) is 51.1 Å². The van der Waals surface area contributed by atoms with Crippen molar-refractivity contribution in [2.24, 2.45) is 0 Å². The van der Waals surface area contributed by atoms with Gasteiger partial charge in [0.2, 0.25) is 0 Å². The van der Waals surface area contributed by atoms with E-state index in [1.54, 1.807) is 121 Å². The van der Waals surface area contributed by atoms with E-state index in [4.69, 9.17) is 47.4 Å². The van der Waals surface area contributed by atoms with E-state index < -0.39 is 60.8 Å². The van der Waals surface area contributed by atoms with Crippen LogP contribution in [-0.4, -0.2) is 120 Å². The van der Waals surface area contributed by atoms with Crippen LogP contribution in [0.15, 0.2) is 146 Å². The quantitative estimate of drug-likeness (QED) is 0.0186. The number of carbonyl (C=O) groups is 4. The van der Waals surface area contributed by atoms with Gasteiger partial charge in [-0.15, -0.1) is 0 Å². The minimum atomic E-state index is -1.11. The zero-order valence-corrected chi connectivity index (χ0v) is 61.3. The van der Waals surface area contributed by atoms with Crippen LogP contribution in [0.1, 0.15) is 271 Å². The van der Waals surface area contributed by atoms with Gasteiger partial charge in [-0.1, -0.05) is 126 Å². The highest BCUT2D eigenvalue weighted by Gasteiger charge is 2.37. The van der Waals surface area contributed by atoms with Gasteiger partial charge in [-0.3, -0.25) is 0 Å². The summed E-state index contributed by atoms with van der Waals surface area (Å²) < 4.78 is 59.2. The zero-order chi connectivity index (χ0) is 75.2. The lowest BCUT2D eigenvalue weighted by Gasteiger charge is -2.31. The molecule has 13 rings (SSSR count). The van der Waals surface area contributed by atoms with Crippen LogP contribution < -0.4 is 9.47 Å². The summed E-state index contributed by atoms with van der Waals surface area (Å²) in [7, 11) is 2.89. The van der Waals surface area contributed by atoms with E-state index in [-0.39, 0.29) is 142 Å². The number of esters is 4. The van der Waals surface area contributed by atoms with Crippen LogP contribution in [0.25, 0.3) is 0 Å². The van der Waals surface area contributed by atoms with Crippen molar-refractivity contribution in [2.75, 3.05) is 41.4 Å². The highest BCUT2D eigenvalue weighted by molar-refractivity contribution is 5.91. The molecule has 8 aromatic rings. The second kappa shape index (κ2) is 35.9. The van der Waals surface area contributed by atoms with Crippen molar-refractivity contribution in [1.82, 2.24) is 0 Å². The minimum Gasteiger partial charge on any atom is -0.508 e. The van der Waals surface area contributed by atoms with E-state index in [1.807, 2.05) is 0 Å². The van der Waals surface area contributed by atoms with Gasteiger partial charge in [0.25, 0.3) is 0 Å². The maximum Gasteiger partial charge on any atom is 0.340 e. The van der Waals surface area contributed by atoms with Crippen molar-refractivity contribution in [3.05, 3.63) is 246 Å². The monoisotopic (exact) mass is 1470 g/mol. The number of aliphatic hydroxyl groups is 2. The number of benzene rings is 8. The fourth-order valence-electron chi connectivity index (χ4n) is 16.4. The molecule has 20 heteroatoms. The summed E-state index contributed by atoms with van der Waals surface area (Å²) in [6, 6.07) is 39.3. The summed E-state index contributed by atoms with van der Waals surface area (Å²) in [6.07, 6.45) is 19.6. The maximum atomic E-state index is 13.9. The molecule has 0 aliphatic heterocycles. The van der Waals surface area contributed by atoms with Gasteiger partial charge in [0.15, 0.2) is 27.2 Å². The van der Waals surface area contributed by atoms with Gasteiger partial charge >= 0.3 is 23.9 Å². The number of methoxy groups -OCH3 is 2. The highest BCUT2D eigenvalue weighted by Crippen LogP contribution is 2.53. The Morgan fingerprint density at radius 1 is 0.296 bits per heavy atom. The van der Waals surface area contributed by atoms with Crippen LogP contribution in [0.2, 0.25) is 0 Å². The number of phenolic OH excluding ortho intramolecular Hbond substituents is 4. The molecule has 4 unspecified atom stereocenters. The lowest BCUT2D eigenvalue weighted by molar-refractivity contribution is -0.0755. The first-order valence-electron chi connectivity index (χ1n) is 38.0. The summed E-state index contributed by atoms with van der Waals surface area (Å²) in [5.41, 5.74) is 5.52. The highest BCUT2D eigenvalue weighted by atomic mass is 16.7. The van der Waals surface area contributed by atoms with Gasteiger partial charge in [0.05, 0.1) is 74.1 Å². The standard InChI is InChI=1S/C88H96O20/c1-99-79-45-77(93)71-43-73(79)84(56-29-37-60(38-30-56)88(98)108-52-104-66-21-13-6-14-22-66)72-44-74(80(100-2)46-78(72)94)83(55-27-35-59(36-28-55)87(97)107-51-103-65-19-11-5-12-20-65)70-42-68(62(48-90)40-76(70)92)81(53-23-31-57(32-24-53)85(95)105-49-101-63-15-7-3-8-16-63)69-41-67(61(47-89)39-75(69)91)82(71)54-25-33-58(34-26-54)86(96)106-50-102-64-17-9-4-10-18-64/h23-46,63-66,81-84,89-94H,3-22,47-52H2,1-2H3. The fourth-order valence-corrected chi connectivity index (χ4v) is 16.4. The maximum absolute atomic E-state index is 13.9. The summed E-state index contributed by atoms with van der Waals surface area (Å²) in [5, 5.41) is 75.2. The lowest BCUT2D eigenvalue weighted by Crippen LogP contribution is -2.20. The molecule has 108 heavy (non-hydrogen) atoms. The fraction of sp³-hybridized carbons (Fsp3) is 0.409. The Morgan fingerprint density at radius 2 is 0.519 bits per heavy atom. The van der Waals surface area contributed by atoms with E-state index in [9.17, 15) is 49.8 Å². The molecule has 4 atom stereocenters. The molecule has 568 valence electrons. The molecule has 0 aromatic heterocycles. The second-order valence-electron chi connectivity index (χ2n) is 29.0. The SMILES string of the molecule is COc1cc(O)c2cc1C(c1ccc(C(=O)OCOC3CCCCC3)cc1)c1cc(c(OC)cc1O)C(c1ccc(C(=O)OCOC3CCCCC3)cc1)c1cc(c(CO)cc1O)C(c1ccc(C(=O)OCOC3CCCCC3)cc1)c1cc(c(CO)cc1O)C2c1ccc(C(=O)OCOC2CCCCC2)cc1. The summed E-state index contributed by atoms with van der Waals surface area (Å²) in [4.78, 5) is 55.6. The number of hydrogen-bond donors (Lipinski definition) is 6. The minimum absolute atomic E-state index is 0.0174. The van der Waals surface area contributed by atoms with Crippen LogP contribution in [0.5, 0.6) is 34.5 Å². The first-order valence-corrected chi connectivity index (χ1v) is 38.0. The van der Waals surface area contributed by atoms with Gasteiger partial charge in [-0.2, -0.15) is 0 Å². The molecule has 4 saturated carbocycles. The zero-order valence-electron chi connectivity index (χ0n) is 61.3. The number of ether oxygens (including phenoxy) is 10. The van der Waals surface area contributed by atoms with Crippen molar-refractivity contribution >= 4 is 23.9 Å². The van der Waals surface area contributed by atoms with Crippen molar-refractivity contribution in [3.63, 3.8) is 0 Å². The molecule has 0 heterocycles. The van der Waals surface area contributed by atoms with E-state index in [1.165, 1.54) is 38.5 Å². The number of aliphatic hydroxyl groups excluding tert-OH is 2. The molecule has 8 aromatic carbocycles. The lowest BCUT2D eigenvalue weighted by atomic mass is 9.74. The molecule has 6 N–H and O–H groups in total. The van der Waals surface area contributed by atoms with E-state index in [0.29, 0.717) is 44.5 Å². The van der Waals surface area contributed by atoms with Gasteiger partial charge in [-0.25, -0.2) is 19.2 Å². The Hall–Kier alpha value is -9.80. The largest absolute Gasteiger partial charge is 0.508 e. The van der Waals surface area contributed by atoms with Crippen LogP contribution >= 0.6 is 0 Å². The molecular formula is C88H96O20. The number of rotatable bonds is 24. The number of aromatic hydroxyl groups is 4. The average Bonchev–Trinajstić information content (AvgIpc) is 0.737. The number of carbonyl (C=O) groups excluding carboxylic acids is 4. The molecule has 0 saturated heterocycles. The Kier molecular flexibility index (Phi) is 25.4. The van der Waals surface area contributed by atoms with E-state index >= 15 is 0 Å². The predicted molar refractivity (Wildman–Crippen MR) is 400 cm³/mol. The Labute approximate surface area is 629 Å². The van der Waals surface area contributed by atoms with Crippen LogP contribution in [0.3, 0.4) is 0 Å². The normalized spacial score (nSPS) is 18.7. The molecule has 0 spiro atoms. The number of hydrogen-bond acceptors (Lipinski definition) is 20. The Bertz CT molecular complexity index is 3850. The third-order valence-electron chi connectivity index (χ3n) is 22.3. The number of fused-ring (bicyclic) bond motifs is 8. The topological polar surface area (TPSA) is 282 Å². The Balaban J connectivity index is 1.02. The molecule has 8 bridgehead atoms. The molecule has 4 fully saturated rings. The summed E-state index contributed by atoms with van der Waals surface area (Å²) >= 11 is 0. The van der Waals surface area contributed by atoms with Crippen LogP contribution in [0.4, 0.5) is 0 Å². The summed E-state index contributed by atoms with van der Waals surface area (Å²) in [6.45, 7) is -2.26. The average molecular weight is 1470 g/mol. The predicted octanol–water partition coefficient (Wildman–Crippen LogP) is 16.4. The van der Waals surface area contributed by atoms with Crippen LogP contribution in [0, 0.1) is 0 Å². The smallest absolute Gasteiger partial charge is 0.340 e. The van der Waals surface area contributed by atoms with Gasteiger partial charge < -0.3 is 78.0 Å². The van der Waals surface area contributed by atoms with E-state index in [0.717, 1.165) is 128 Å². The molecular weight excluding hydrogens is 1380 g/mol. The second-order valence-corrected chi connectivity index (χ2v) is 29.0. The first-order chi connectivity index (χ1) is 52.7. The van der Waals surface area contributed by atoms with E-state index in [2.05, 4.69) is 0 Å². The Morgan fingerprint density at radius 3 is 0.750 bits per heavy atom. The van der Waals surface area contributed by atoms with Crippen molar-refractivity contribution in [2.45, 2.75) is 190 Å². The third kappa shape index (κ3) is 17.7. The first kappa shape index (κ1) is 76.4. The van der Waals surface area contributed by atoms with Crippen molar-refractivity contribution in [3.8, 4) is 34.5 Å². The number of phenols is 4. The van der Waals surface area contributed by atoms with Gasteiger partial charge in [-0.05, 0) is 181 Å². The van der Waals surface area contributed by atoms with Gasteiger partial charge in [0.1, 0.15) is 34.5 Å². The summed E-state index contributed by atoms with van der Waals surface area (Å²) in [5.74, 6) is -7.79. The third-order valence-corrected chi connectivity index (χ3v) is 22.3. The van der Waals surface area contributed by atoms with Crippen molar-refractivity contribution < 1.29 is 97.2 Å². The molecule has 20 nitrogen and oxygen atoms in total.